The van der Waals surface area contributed by atoms with E-state index in [1.807, 2.05) is 6.92 Å². The molecule has 0 radical (unpaired) electrons. The van der Waals surface area contributed by atoms with Crippen LogP contribution in [0.1, 0.15) is 28.1 Å². The molecule has 0 rings (SSSR count). The van der Waals surface area contributed by atoms with Gasteiger partial charge in [-0.25, -0.2) is 8.42 Å². The van der Waals surface area contributed by atoms with E-state index in [9.17, 15) is 17.8 Å². The van der Waals surface area contributed by atoms with Gasteiger partial charge in [-0.05, 0) is 6.42 Å². The van der Waals surface area contributed by atoms with Crippen LogP contribution in [0.3, 0.4) is 0 Å². The van der Waals surface area contributed by atoms with Crippen LogP contribution in [0.4, 0.5) is 0 Å². The van der Waals surface area contributed by atoms with E-state index in [0.717, 1.165) is 6.29 Å². The van der Waals surface area contributed by atoms with Crippen molar-refractivity contribution in [3.8, 4) is 0 Å². The summed E-state index contributed by atoms with van der Waals surface area (Å²) in [7, 11) is -7.56. The van der Waals surface area contributed by atoms with Gasteiger partial charge in [0, 0.05) is 6.42 Å². The van der Waals surface area contributed by atoms with Crippen molar-refractivity contribution in [3.63, 3.8) is 0 Å². The molecule has 0 aliphatic heterocycles. The van der Waals surface area contributed by atoms with Crippen LogP contribution in [-0.2, 0) is 25.5 Å². The Bertz CT molecular complexity index is 360. The molecule has 0 heterocycles. The second kappa shape index (κ2) is 20.5. The monoisotopic (exact) mass is 324 g/mol. The van der Waals surface area contributed by atoms with E-state index >= 15 is 0 Å². The molecule has 1 atom stereocenters. The molecule has 0 aromatic heterocycles. The predicted octanol–water partition coefficient (Wildman–Crippen LogP) is -7.03. The van der Waals surface area contributed by atoms with E-state index in [0.29, 0.717) is 6.42 Å². The van der Waals surface area contributed by atoms with Crippen LogP contribution < -0.4 is 59.1 Å². The van der Waals surface area contributed by atoms with Crippen molar-refractivity contribution in [1.82, 2.24) is 0 Å². The van der Waals surface area contributed by atoms with Crippen molar-refractivity contribution >= 4 is 27.0 Å². The quantitative estimate of drug-likeness (QED) is 0.306. The number of aliphatic hydroxyl groups is 1. The molecule has 18 heavy (non-hydrogen) atoms. The normalized spacial score (nSPS) is 9.78. The van der Waals surface area contributed by atoms with Gasteiger partial charge in [0.25, 0.3) is 0 Å². The Morgan fingerprint density at radius 2 is 1.50 bits per heavy atom. The van der Waals surface area contributed by atoms with E-state index in [4.69, 9.17) is 17.7 Å². The minimum atomic E-state index is -4.45. The molecular weight excluding hydrogens is 310 g/mol. The molecule has 0 saturated carbocycles. The summed E-state index contributed by atoms with van der Waals surface area (Å²) in [6.45, 7) is 3.23. The van der Waals surface area contributed by atoms with Crippen LogP contribution >= 0.6 is 0 Å². The van der Waals surface area contributed by atoms with Crippen molar-refractivity contribution in [3.05, 3.63) is 0 Å². The fourth-order valence-electron chi connectivity index (χ4n) is 0.204. The fourth-order valence-corrected chi connectivity index (χ4v) is 0.612. The summed E-state index contributed by atoms with van der Waals surface area (Å²) in [5.41, 5.74) is -1.73. The van der Waals surface area contributed by atoms with Crippen molar-refractivity contribution in [1.29, 1.82) is 0 Å². The Kier molecular flexibility index (Phi) is 35.9. The first kappa shape index (κ1) is 31.5. The number of hydrogen-bond acceptors (Lipinski definition) is 8. The molecule has 0 fully saturated rings. The van der Waals surface area contributed by atoms with Crippen LogP contribution in [0.2, 0.25) is 0 Å². The second-order valence-corrected chi connectivity index (χ2v) is 4.07. The summed E-state index contributed by atoms with van der Waals surface area (Å²) in [5, 5.41) is 8.29. The maximum atomic E-state index is 9.76. The number of aliphatic hydroxyl groups excluding tert-OH is 1. The summed E-state index contributed by atoms with van der Waals surface area (Å²) in [5.74, 6) is 0. The van der Waals surface area contributed by atoms with Gasteiger partial charge in [-0.3, -0.25) is 0 Å². The van der Waals surface area contributed by atoms with Crippen molar-refractivity contribution < 1.29 is 96.0 Å². The zero-order valence-corrected chi connectivity index (χ0v) is 16.3. The van der Waals surface area contributed by atoms with Gasteiger partial charge in [0.2, 0.25) is 0 Å². The van der Waals surface area contributed by atoms with Gasteiger partial charge in [0.05, 0.1) is 0 Å². The topological polar surface area (TPSA) is 146 Å². The Morgan fingerprint density at radius 1 is 1.28 bits per heavy atom. The minimum absolute atomic E-state index is 0. The zero-order chi connectivity index (χ0) is 13.8. The molecule has 100 valence electrons. The third kappa shape index (κ3) is 43.4. The average Bonchev–Trinajstić information content (AvgIpc) is 2.14. The van der Waals surface area contributed by atoms with E-state index in [2.05, 4.69) is 0 Å². The van der Waals surface area contributed by atoms with Crippen molar-refractivity contribution in [2.45, 2.75) is 32.1 Å². The van der Waals surface area contributed by atoms with Gasteiger partial charge in [0.1, 0.15) is 21.8 Å². The second-order valence-electron chi connectivity index (χ2n) is 2.13. The van der Waals surface area contributed by atoms with Gasteiger partial charge < -0.3 is 15.9 Å². The minimum Gasteiger partial charge on any atom is -1.00 e. The SMILES string of the molecule is CCC(O)S(=O)(=O)[O-].CCC=O.O=S(=O)=O.[H-].[Na+].[Na+]. The van der Waals surface area contributed by atoms with Gasteiger partial charge >= 0.3 is 69.7 Å². The van der Waals surface area contributed by atoms with Crippen molar-refractivity contribution in [2.24, 2.45) is 0 Å². The number of carbonyl (C=O) groups excluding carboxylic acids is 1. The van der Waals surface area contributed by atoms with Gasteiger partial charge in [-0.2, -0.15) is 0 Å². The summed E-state index contributed by atoms with van der Waals surface area (Å²) in [4.78, 5) is 9.17. The third-order valence-corrected chi connectivity index (χ3v) is 1.85. The molecule has 1 N–H and O–H groups in total. The van der Waals surface area contributed by atoms with Gasteiger partial charge in [0.15, 0.2) is 0 Å². The molecule has 0 bridgehead atoms. The Labute approximate surface area is 153 Å². The first-order valence-corrected chi connectivity index (χ1v) is 6.43. The molecular formula is C6H14Na2O8S2. The zero-order valence-electron chi connectivity index (χ0n) is 11.7. The smallest absolute Gasteiger partial charge is 1.00 e. The molecule has 0 aliphatic rings. The molecule has 1 unspecified atom stereocenters. The Hall–Kier alpha value is 1.16. The maximum absolute atomic E-state index is 9.76. The molecule has 0 amide bonds. The Balaban J connectivity index is -0.0000000337. The molecule has 0 saturated heterocycles. The first-order chi connectivity index (χ1) is 7.13. The first-order valence-electron chi connectivity index (χ1n) is 3.96. The average molecular weight is 324 g/mol. The van der Waals surface area contributed by atoms with Crippen LogP contribution in [0.15, 0.2) is 0 Å². The van der Waals surface area contributed by atoms with Crippen LogP contribution in [0.5, 0.6) is 0 Å². The fraction of sp³-hybridized carbons (Fsp3) is 0.833. The summed E-state index contributed by atoms with van der Waals surface area (Å²) in [6, 6.07) is 0. The van der Waals surface area contributed by atoms with Crippen molar-refractivity contribution in [2.75, 3.05) is 0 Å². The summed E-state index contributed by atoms with van der Waals surface area (Å²) >= 11 is 0. The molecule has 12 heteroatoms. The predicted molar refractivity (Wildman–Crippen MR) is 53.2 cm³/mol. The Morgan fingerprint density at radius 3 is 1.50 bits per heavy atom. The van der Waals surface area contributed by atoms with Crippen LogP contribution in [0.25, 0.3) is 0 Å². The molecule has 0 aliphatic carbocycles. The number of rotatable bonds is 3. The maximum Gasteiger partial charge on any atom is 1.00 e. The van der Waals surface area contributed by atoms with E-state index in [1.165, 1.54) is 6.92 Å². The summed E-state index contributed by atoms with van der Waals surface area (Å²) < 4.78 is 54.6. The molecule has 0 spiro atoms. The van der Waals surface area contributed by atoms with Gasteiger partial charge in [-0.15, -0.1) is 12.6 Å². The van der Waals surface area contributed by atoms with Gasteiger partial charge in [-0.1, -0.05) is 13.8 Å². The van der Waals surface area contributed by atoms with Crippen LogP contribution in [0, 0.1) is 0 Å². The summed E-state index contributed by atoms with van der Waals surface area (Å²) in [6.07, 6.45) is 1.46. The number of aldehydes is 1. The molecule has 8 nitrogen and oxygen atoms in total. The molecule has 0 aromatic rings. The number of carbonyl (C=O) groups is 1. The standard InChI is InChI=1S/C3H8O4S.C3H6O.2Na.O3S.H/c1-2-3(4)8(5,6)7;1-2-3-4;;;1-4(2)3;/h3-4H,2H2,1H3,(H,5,6,7);3H,2H2,1H3;;;;/q;;2*+1;;-1/p-1. The van der Waals surface area contributed by atoms with E-state index in [-0.39, 0.29) is 67.0 Å². The largest absolute Gasteiger partial charge is 1.00 e. The van der Waals surface area contributed by atoms with Crippen LogP contribution in [-0.4, -0.2) is 42.4 Å². The third-order valence-electron chi connectivity index (χ3n) is 0.849. The van der Waals surface area contributed by atoms with E-state index in [1.54, 1.807) is 0 Å². The van der Waals surface area contributed by atoms with E-state index < -0.39 is 26.2 Å². The number of hydrogen-bond donors (Lipinski definition) is 1. The molecule has 0 aromatic carbocycles.